The van der Waals surface area contributed by atoms with Gasteiger partial charge in [-0.25, -0.2) is 0 Å². The molecule has 30 heavy (non-hydrogen) atoms. The van der Waals surface area contributed by atoms with E-state index in [2.05, 4.69) is 17.1 Å². The summed E-state index contributed by atoms with van der Waals surface area (Å²) in [5.41, 5.74) is 0.792. The number of amides is 2. The van der Waals surface area contributed by atoms with Crippen LogP contribution in [0.1, 0.15) is 39.5 Å². The van der Waals surface area contributed by atoms with Gasteiger partial charge in [-0.1, -0.05) is 19.1 Å². The normalized spacial score (nSPS) is 21.1. The molecule has 2 aliphatic rings. The SMILES string of the molecule is CCOC(=O)CCN(CC1CCCN1CC)C(=O)CC1Sc2ccccc2NC1=O. The Morgan fingerprint density at radius 2 is 2.10 bits per heavy atom. The predicted octanol–water partition coefficient (Wildman–Crippen LogP) is 2.76. The number of thioether (sulfide) groups is 1. The van der Waals surface area contributed by atoms with Crippen LogP contribution < -0.4 is 5.32 Å². The van der Waals surface area contributed by atoms with E-state index in [-0.39, 0.29) is 30.6 Å². The number of nitrogens with one attached hydrogen (secondary N) is 1. The van der Waals surface area contributed by atoms with E-state index in [9.17, 15) is 14.4 Å². The molecule has 164 valence electrons. The van der Waals surface area contributed by atoms with Gasteiger partial charge in [0.15, 0.2) is 0 Å². The fourth-order valence-electron chi connectivity index (χ4n) is 4.06. The van der Waals surface area contributed by atoms with Gasteiger partial charge in [-0.2, -0.15) is 0 Å². The number of hydrogen-bond donors (Lipinski definition) is 1. The van der Waals surface area contributed by atoms with E-state index in [1.54, 1.807) is 11.8 Å². The Morgan fingerprint density at radius 3 is 2.87 bits per heavy atom. The second-order valence-electron chi connectivity index (χ2n) is 7.62. The molecule has 1 fully saturated rings. The molecule has 2 amide bonds. The number of fused-ring (bicyclic) bond motifs is 1. The number of rotatable bonds is 9. The first kappa shape index (κ1) is 22.6. The first-order valence-corrected chi connectivity index (χ1v) is 11.6. The highest BCUT2D eigenvalue weighted by atomic mass is 32.2. The van der Waals surface area contributed by atoms with Gasteiger partial charge in [-0.3, -0.25) is 19.3 Å². The summed E-state index contributed by atoms with van der Waals surface area (Å²) >= 11 is 1.43. The lowest BCUT2D eigenvalue weighted by atomic mass is 10.1. The molecule has 8 heteroatoms. The number of para-hydroxylation sites is 1. The molecule has 0 aliphatic carbocycles. The molecule has 1 N–H and O–H groups in total. The van der Waals surface area contributed by atoms with Gasteiger partial charge >= 0.3 is 5.97 Å². The third-order valence-corrected chi connectivity index (χ3v) is 6.92. The van der Waals surface area contributed by atoms with Gasteiger partial charge in [0, 0.05) is 30.4 Å². The molecule has 2 heterocycles. The minimum Gasteiger partial charge on any atom is -0.466 e. The number of carbonyl (C=O) groups excluding carboxylic acids is 3. The Hall–Kier alpha value is -2.06. The average molecular weight is 434 g/mol. The van der Waals surface area contributed by atoms with Crippen LogP contribution in [0.5, 0.6) is 0 Å². The van der Waals surface area contributed by atoms with E-state index < -0.39 is 5.25 Å². The van der Waals surface area contributed by atoms with Crippen molar-refractivity contribution < 1.29 is 19.1 Å². The van der Waals surface area contributed by atoms with Crippen LogP contribution >= 0.6 is 11.8 Å². The molecule has 2 unspecified atom stereocenters. The first-order chi connectivity index (χ1) is 14.5. The van der Waals surface area contributed by atoms with Gasteiger partial charge in [-0.15, -0.1) is 11.8 Å². The Balaban J connectivity index is 1.66. The minimum absolute atomic E-state index is 0.0886. The van der Waals surface area contributed by atoms with Crippen molar-refractivity contribution in [1.29, 1.82) is 0 Å². The highest BCUT2D eigenvalue weighted by Crippen LogP contribution is 2.36. The molecule has 2 atom stereocenters. The molecule has 0 aromatic heterocycles. The van der Waals surface area contributed by atoms with Crippen molar-refractivity contribution in [2.24, 2.45) is 0 Å². The van der Waals surface area contributed by atoms with Crippen molar-refractivity contribution in [2.45, 2.75) is 55.7 Å². The number of hydrogen-bond acceptors (Lipinski definition) is 6. The van der Waals surface area contributed by atoms with Gasteiger partial charge in [0.1, 0.15) is 0 Å². The smallest absolute Gasteiger partial charge is 0.307 e. The lowest BCUT2D eigenvalue weighted by Gasteiger charge is -2.31. The number of nitrogens with zero attached hydrogens (tertiary/aromatic N) is 2. The third-order valence-electron chi connectivity index (χ3n) is 5.65. The minimum atomic E-state index is -0.469. The van der Waals surface area contributed by atoms with E-state index in [1.807, 2.05) is 24.3 Å². The quantitative estimate of drug-likeness (QED) is 0.604. The van der Waals surface area contributed by atoms with Crippen molar-refractivity contribution in [2.75, 3.05) is 38.1 Å². The summed E-state index contributed by atoms with van der Waals surface area (Å²) in [4.78, 5) is 42.7. The lowest BCUT2D eigenvalue weighted by molar-refractivity contribution is -0.144. The molecule has 0 saturated carbocycles. The van der Waals surface area contributed by atoms with Crippen molar-refractivity contribution in [3.8, 4) is 0 Å². The average Bonchev–Trinajstić information content (AvgIpc) is 3.19. The van der Waals surface area contributed by atoms with E-state index >= 15 is 0 Å². The molecule has 1 saturated heterocycles. The summed E-state index contributed by atoms with van der Waals surface area (Å²) < 4.78 is 5.03. The van der Waals surface area contributed by atoms with Gasteiger partial charge in [0.25, 0.3) is 0 Å². The van der Waals surface area contributed by atoms with Crippen LogP contribution in [0.25, 0.3) is 0 Å². The zero-order valence-corrected chi connectivity index (χ0v) is 18.6. The van der Waals surface area contributed by atoms with Crippen LogP contribution in [-0.4, -0.2) is 71.7 Å². The molecule has 7 nitrogen and oxygen atoms in total. The molecule has 0 spiro atoms. The fourth-order valence-corrected chi connectivity index (χ4v) is 5.17. The van der Waals surface area contributed by atoms with E-state index in [0.717, 1.165) is 36.5 Å². The second kappa shape index (κ2) is 10.8. The zero-order valence-electron chi connectivity index (χ0n) is 17.8. The molecule has 0 radical (unpaired) electrons. The van der Waals surface area contributed by atoms with Crippen LogP contribution in [0, 0.1) is 0 Å². The molecule has 3 rings (SSSR count). The topological polar surface area (TPSA) is 79.0 Å². The number of esters is 1. The van der Waals surface area contributed by atoms with Crippen molar-refractivity contribution in [3.05, 3.63) is 24.3 Å². The molecular weight excluding hydrogens is 402 g/mol. The van der Waals surface area contributed by atoms with Crippen molar-refractivity contribution >= 4 is 35.2 Å². The Bertz CT molecular complexity index is 773. The summed E-state index contributed by atoms with van der Waals surface area (Å²) in [6.45, 7) is 7.13. The summed E-state index contributed by atoms with van der Waals surface area (Å²) in [5, 5.41) is 2.43. The maximum atomic E-state index is 13.2. The molecule has 0 bridgehead atoms. The van der Waals surface area contributed by atoms with Crippen LogP contribution in [0.4, 0.5) is 5.69 Å². The highest BCUT2D eigenvalue weighted by Gasteiger charge is 2.32. The van der Waals surface area contributed by atoms with E-state index in [4.69, 9.17) is 4.74 Å². The van der Waals surface area contributed by atoms with Gasteiger partial charge in [-0.05, 0) is 45.0 Å². The number of anilines is 1. The molecule has 1 aromatic rings. The maximum Gasteiger partial charge on any atom is 0.307 e. The van der Waals surface area contributed by atoms with Gasteiger partial charge in [0.2, 0.25) is 11.8 Å². The first-order valence-electron chi connectivity index (χ1n) is 10.8. The predicted molar refractivity (Wildman–Crippen MR) is 117 cm³/mol. The van der Waals surface area contributed by atoms with Crippen LogP contribution in [0.15, 0.2) is 29.2 Å². The summed E-state index contributed by atoms with van der Waals surface area (Å²) in [6.07, 6.45) is 2.46. The van der Waals surface area contributed by atoms with Crippen molar-refractivity contribution in [3.63, 3.8) is 0 Å². The Morgan fingerprint density at radius 1 is 1.30 bits per heavy atom. The number of likely N-dealkylation sites (N-methyl/N-ethyl adjacent to an activating group) is 1. The Labute approximate surface area is 182 Å². The number of ether oxygens (including phenoxy) is 1. The molecule has 2 aliphatic heterocycles. The van der Waals surface area contributed by atoms with Gasteiger partial charge < -0.3 is 15.0 Å². The van der Waals surface area contributed by atoms with Crippen LogP contribution in [0.2, 0.25) is 0 Å². The largest absolute Gasteiger partial charge is 0.466 e. The van der Waals surface area contributed by atoms with Crippen LogP contribution in [-0.2, 0) is 19.1 Å². The van der Waals surface area contributed by atoms with Gasteiger partial charge in [0.05, 0.1) is 24.0 Å². The number of carbonyl (C=O) groups is 3. The molecular formula is C22H31N3O4S. The Kier molecular flexibility index (Phi) is 8.16. The number of likely N-dealkylation sites (tertiary alicyclic amines) is 1. The summed E-state index contributed by atoms with van der Waals surface area (Å²) in [6, 6.07) is 7.92. The highest BCUT2D eigenvalue weighted by molar-refractivity contribution is 8.01. The van der Waals surface area contributed by atoms with Crippen LogP contribution in [0.3, 0.4) is 0 Å². The standard InChI is InChI=1S/C22H31N3O4S/c1-3-24-12-7-8-16(24)15-25(13-11-21(27)29-4-2)20(26)14-19-22(28)23-17-9-5-6-10-18(17)30-19/h5-6,9-10,16,19H,3-4,7-8,11-15H2,1-2H3,(H,23,28). The van der Waals surface area contributed by atoms with E-state index in [0.29, 0.717) is 25.7 Å². The zero-order chi connectivity index (χ0) is 21.5. The monoisotopic (exact) mass is 433 g/mol. The third kappa shape index (κ3) is 5.76. The second-order valence-corrected chi connectivity index (χ2v) is 8.86. The van der Waals surface area contributed by atoms with E-state index in [1.165, 1.54) is 11.8 Å². The maximum absolute atomic E-state index is 13.2. The fraction of sp³-hybridized carbons (Fsp3) is 0.591. The number of benzene rings is 1. The molecule has 1 aromatic carbocycles. The van der Waals surface area contributed by atoms with Crippen molar-refractivity contribution in [1.82, 2.24) is 9.80 Å². The summed E-state index contributed by atoms with van der Waals surface area (Å²) in [7, 11) is 0. The lowest BCUT2D eigenvalue weighted by Crippen LogP contribution is -2.45. The summed E-state index contributed by atoms with van der Waals surface area (Å²) in [5.74, 6) is -0.532.